The molecule has 0 atom stereocenters. The van der Waals surface area contributed by atoms with E-state index in [9.17, 15) is 14.4 Å². The van der Waals surface area contributed by atoms with Crippen molar-refractivity contribution >= 4 is 45.5 Å². The number of nitrogens with one attached hydrogen (secondary N) is 1. The highest BCUT2D eigenvalue weighted by atomic mass is 79.9. The molecule has 7 heteroatoms. The van der Waals surface area contributed by atoms with Crippen molar-refractivity contribution in [3.63, 3.8) is 0 Å². The molecule has 0 spiro atoms. The largest absolute Gasteiger partial charge is 0.489 e. The summed E-state index contributed by atoms with van der Waals surface area (Å²) >= 11 is 3.50. The van der Waals surface area contributed by atoms with E-state index in [0.29, 0.717) is 23.6 Å². The SMILES string of the molecule is Cc1cccc(N2C(=O)NC(=O)/C(=C\c3ccc(OCc4ccccc4Br)cc3)C2=O)c1C. The summed E-state index contributed by atoms with van der Waals surface area (Å²) in [6, 6.07) is 19.4. The number of rotatable bonds is 5. The Labute approximate surface area is 200 Å². The van der Waals surface area contributed by atoms with Crippen LogP contribution in [0.4, 0.5) is 10.5 Å². The van der Waals surface area contributed by atoms with Crippen LogP contribution in [0.15, 0.2) is 76.8 Å². The van der Waals surface area contributed by atoms with E-state index in [-0.39, 0.29) is 5.57 Å². The van der Waals surface area contributed by atoms with Gasteiger partial charge in [0.15, 0.2) is 0 Å². The first kappa shape index (κ1) is 22.5. The third-order valence-corrected chi connectivity index (χ3v) is 6.24. The maximum Gasteiger partial charge on any atom is 0.335 e. The number of carbonyl (C=O) groups is 3. The lowest BCUT2D eigenvalue weighted by atomic mass is 10.0. The van der Waals surface area contributed by atoms with Crippen molar-refractivity contribution in [3.05, 3.63) is 99.0 Å². The average Bonchev–Trinajstić information content (AvgIpc) is 2.79. The molecule has 1 aliphatic rings. The van der Waals surface area contributed by atoms with Crippen molar-refractivity contribution in [1.82, 2.24) is 5.32 Å². The number of carbonyl (C=O) groups excluding carboxylic acids is 3. The summed E-state index contributed by atoms with van der Waals surface area (Å²) in [4.78, 5) is 39.0. The minimum Gasteiger partial charge on any atom is -0.489 e. The quantitative estimate of drug-likeness (QED) is 0.377. The first-order valence-electron chi connectivity index (χ1n) is 10.3. The Morgan fingerprint density at radius 3 is 2.39 bits per heavy atom. The highest BCUT2D eigenvalue weighted by Gasteiger charge is 2.37. The predicted molar refractivity (Wildman–Crippen MR) is 130 cm³/mol. The molecule has 1 heterocycles. The molecule has 4 amide bonds. The van der Waals surface area contributed by atoms with Gasteiger partial charge in [-0.2, -0.15) is 0 Å². The summed E-state index contributed by atoms with van der Waals surface area (Å²) in [5, 5.41) is 2.26. The fourth-order valence-corrected chi connectivity index (χ4v) is 3.86. The predicted octanol–water partition coefficient (Wildman–Crippen LogP) is 5.31. The summed E-state index contributed by atoms with van der Waals surface area (Å²) in [5.74, 6) is -0.730. The van der Waals surface area contributed by atoms with Gasteiger partial charge in [-0.25, -0.2) is 9.69 Å². The number of halogens is 1. The molecule has 0 unspecified atom stereocenters. The molecule has 6 nitrogen and oxygen atoms in total. The molecular formula is C26H21BrN2O4. The molecule has 0 bridgehead atoms. The molecule has 4 rings (SSSR count). The summed E-state index contributed by atoms with van der Waals surface area (Å²) in [6.07, 6.45) is 1.47. The number of anilines is 1. The number of hydrogen-bond acceptors (Lipinski definition) is 4. The van der Waals surface area contributed by atoms with E-state index in [1.54, 1.807) is 36.4 Å². The fourth-order valence-electron chi connectivity index (χ4n) is 3.46. The highest BCUT2D eigenvalue weighted by molar-refractivity contribution is 9.10. The van der Waals surface area contributed by atoms with Crippen molar-refractivity contribution < 1.29 is 19.1 Å². The average molecular weight is 505 g/mol. The maximum atomic E-state index is 13.1. The number of hydrogen-bond donors (Lipinski definition) is 1. The van der Waals surface area contributed by atoms with Gasteiger partial charge >= 0.3 is 6.03 Å². The van der Waals surface area contributed by atoms with Gasteiger partial charge in [-0.15, -0.1) is 0 Å². The van der Waals surface area contributed by atoms with Gasteiger partial charge in [0.2, 0.25) is 0 Å². The summed E-state index contributed by atoms with van der Waals surface area (Å²) in [7, 11) is 0. The van der Waals surface area contributed by atoms with Crippen LogP contribution >= 0.6 is 15.9 Å². The summed E-state index contributed by atoms with van der Waals surface area (Å²) < 4.78 is 6.79. The topological polar surface area (TPSA) is 75.7 Å². The summed E-state index contributed by atoms with van der Waals surface area (Å²) in [5.41, 5.74) is 3.72. The monoisotopic (exact) mass is 504 g/mol. The lowest BCUT2D eigenvalue weighted by Crippen LogP contribution is -2.54. The number of benzene rings is 3. The Morgan fingerprint density at radius 2 is 1.67 bits per heavy atom. The number of amides is 4. The van der Waals surface area contributed by atoms with E-state index < -0.39 is 17.8 Å². The van der Waals surface area contributed by atoms with E-state index in [0.717, 1.165) is 26.1 Å². The Kier molecular flexibility index (Phi) is 6.42. The Balaban J connectivity index is 1.55. The number of ether oxygens (including phenoxy) is 1. The molecule has 1 saturated heterocycles. The lowest BCUT2D eigenvalue weighted by Gasteiger charge is -2.28. The molecule has 1 aliphatic heterocycles. The number of barbiturate groups is 1. The van der Waals surface area contributed by atoms with Crippen LogP contribution in [0.25, 0.3) is 6.08 Å². The van der Waals surface area contributed by atoms with Gasteiger partial charge in [-0.3, -0.25) is 14.9 Å². The number of nitrogens with zero attached hydrogens (tertiary/aromatic N) is 1. The normalized spacial score (nSPS) is 15.1. The Morgan fingerprint density at radius 1 is 0.939 bits per heavy atom. The molecule has 0 aliphatic carbocycles. The molecule has 166 valence electrons. The standard InChI is InChI=1S/C26H21BrN2O4/c1-16-6-5-9-23(17(16)2)29-25(31)21(24(30)28-26(29)32)14-18-10-12-20(13-11-18)33-15-19-7-3-4-8-22(19)27/h3-14H,15H2,1-2H3,(H,28,30,32)/b21-14+. The van der Waals surface area contributed by atoms with Crippen LogP contribution in [0.3, 0.4) is 0 Å². The third kappa shape index (κ3) is 4.73. The molecule has 1 fully saturated rings. The van der Waals surface area contributed by atoms with Crippen molar-refractivity contribution in [1.29, 1.82) is 0 Å². The van der Waals surface area contributed by atoms with Crippen LogP contribution in [0.1, 0.15) is 22.3 Å². The Bertz CT molecular complexity index is 1280. The molecule has 33 heavy (non-hydrogen) atoms. The van der Waals surface area contributed by atoms with E-state index in [4.69, 9.17) is 4.74 Å². The molecule has 0 saturated carbocycles. The van der Waals surface area contributed by atoms with Gasteiger partial charge in [0.25, 0.3) is 11.8 Å². The van der Waals surface area contributed by atoms with Crippen LogP contribution in [-0.4, -0.2) is 17.8 Å². The second kappa shape index (κ2) is 9.42. The Hall–Kier alpha value is -3.71. The first-order chi connectivity index (χ1) is 15.8. The van der Waals surface area contributed by atoms with Crippen LogP contribution in [-0.2, 0) is 16.2 Å². The minimum absolute atomic E-state index is 0.114. The number of urea groups is 1. The second-order valence-electron chi connectivity index (χ2n) is 7.63. The molecule has 3 aromatic carbocycles. The molecule has 0 radical (unpaired) electrons. The second-order valence-corrected chi connectivity index (χ2v) is 8.48. The van der Waals surface area contributed by atoms with Crippen LogP contribution < -0.4 is 15.0 Å². The van der Waals surface area contributed by atoms with Crippen molar-refractivity contribution in [2.24, 2.45) is 0 Å². The molecule has 0 aromatic heterocycles. The first-order valence-corrected chi connectivity index (χ1v) is 11.1. The zero-order chi connectivity index (χ0) is 23.5. The van der Waals surface area contributed by atoms with Gasteiger partial charge in [-0.05, 0) is 60.9 Å². The van der Waals surface area contributed by atoms with Gasteiger partial charge in [0.1, 0.15) is 17.9 Å². The molecular weight excluding hydrogens is 484 g/mol. The van der Waals surface area contributed by atoms with Crippen LogP contribution in [0.2, 0.25) is 0 Å². The maximum absolute atomic E-state index is 13.1. The van der Waals surface area contributed by atoms with E-state index in [1.165, 1.54) is 6.08 Å². The number of aryl methyl sites for hydroxylation is 1. The van der Waals surface area contributed by atoms with Crippen LogP contribution in [0.5, 0.6) is 5.75 Å². The van der Waals surface area contributed by atoms with Crippen LogP contribution in [0, 0.1) is 13.8 Å². The van der Waals surface area contributed by atoms with Gasteiger partial charge in [0, 0.05) is 10.0 Å². The van der Waals surface area contributed by atoms with Gasteiger partial charge in [-0.1, -0.05) is 58.4 Å². The smallest absolute Gasteiger partial charge is 0.335 e. The molecule has 3 aromatic rings. The van der Waals surface area contributed by atoms with E-state index >= 15 is 0 Å². The number of imide groups is 2. The van der Waals surface area contributed by atoms with Gasteiger partial charge in [0.05, 0.1) is 5.69 Å². The fraction of sp³-hybridized carbons (Fsp3) is 0.115. The van der Waals surface area contributed by atoms with Crippen molar-refractivity contribution in [3.8, 4) is 5.75 Å². The molecule has 1 N–H and O–H groups in total. The summed E-state index contributed by atoms with van der Waals surface area (Å²) in [6.45, 7) is 4.13. The van der Waals surface area contributed by atoms with E-state index in [1.807, 2.05) is 44.2 Å². The zero-order valence-electron chi connectivity index (χ0n) is 18.1. The van der Waals surface area contributed by atoms with E-state index in [2.05, 4.69) is 21.2 Å². The highest BCUT2D eigenvalue weighted by Crippen LogP contribution is 2.27. The van der Waals surface area contributed by atoms with Gasteiger partial charge < -0.3 is 4.74 Å². The zero-order valence-corrected chi connectivity index (χ0v) is 19.7. The minimum atomic E-state index is -0.758. The van der Waals surface area contributed by atoms with Crippen molar-refractivity contribution in [2.75, 3.05) is 4.90 Å². The third-order valence-electron chi connectivity index (χ3n) is 5.46. The lowest BCUT2D eigenvalue weighted by molar-refractivity contribution is -0.122. The van der Waals surface area contributed by atoms with Crippen molar-refractivity contribution in [2.45, 2.75) is 20.5 Å².